The molecule has 1 aromatic heterocycles. The Morgan fingerprint density at radius 1 is 1.12 bits per heavy atom. The van der Waals surface area contributed by atoms with Gasteiger partial charge in [-0.15, -0.1) is 0 Å². The zero-order valence-corrected chi connectivity index (χ0v) is 16.1. The maximum absolute atomic E-state index is 6.24. The molecule has 6 heteroatoms. The van der Waals surface area contributed by atoms with E-state index in [4.69, 9.17) is 23.8 Å². The van der Waals surface area contributed by atoms with Crippen LogP contribution in [0.25, 0.3) is 0 Å². The zero-order chi connectivity index (χ0) is 17.8. The van der Waals surface area contributed by atoms with E-state index in [1.54, 1.807) is 6.20 Å². The van der Waals surface area contributed by atoms with Gasteiger partial charge in [-0.1, -0.05) is 37.6 Å². The Bertz CT molecular complexity index is 724. The molecule has 0 bridgehead atoms. The molecule has 0 aliphatic carbocycles. The summed E-state index contributed by atoms with van der Waals surface area (Å²) >= 11 is 11.8. The van der Waals surface area contributed by atoms with Crippen LogP contribution in [0.3, 0.4) is 0 Å². The maximum Gasteiger partial charge on any atom is 0.173 e. The number of anilines is 2. The molecular weight excluding hydrogens is 352 g/mol. The minimum atomic E-state index is 0.535. The van der Waals surface area contributed by atoms with Crippen molar-refractivity contribution >= 4 is 40.4 Å². The molecule has 0 radical (unpaired) electrons. The van der Waals surface area contributed by atoms with Gasteiger partial charge in [0.2, 0.25) is 0 Å². The first-order chi connectivity index (χ1) is 12.0. The molecule has 0 unspecified atom stereocenters. The molecule has 1 aromatic carbocycles. The van der Waals surface area contributed by atoms with E-state index in [1.807, 2.05) is 12.1 Å². The monoisotopic (exact) mass is 374 g/mol. The van der Waals surface area contributed by atoms with Gasteiger partial charge in [0.15, 0.2) is 5.11 Å². The van der Waals surface area contributed by atoms with Crippen molar-refractivity contribution in [1.82, 2.24) is 9.88 Å². The lowest BCUT2D eigenvalue weighted by molar-refractivity contribution is 0.389. The van der Waals surface area contributed by atoms with Crippen molar-refractivity contribution in [2.75, 3.05) is 36.4 Å². The molecule has 0 spiro atoms. The Morgan fingerprint density at radius 2 is 1.80 bits per heavy atom. The maximum atomic E-state index is 6.24. The fraction of sp³-hybridized carbons (Fsp3) is 0.368. The van der Waals surface area contributed by atoms with Gasteiger partial charge in [-0.2, -0.15) is 0 Å². The predicted molar refractivity (Wildman–Crippen MR) is 110 cm³/mol. The lowest BCUT2D eigenvalue weighted by atomic mass is 10.0. The van der Waals surface area contributed by atoms with Gasteiger partial charge in [-0.05, 0) is 48.0 Å². The fourth-order valence-electron chi connectivity index (χ4n) is 2.89. The smallest absolute Gasteiger partial charge is 0.173 e. The average Bonchev–Trinajstić information content (AvgIpc) is 2.63. The standard InChI is InChI=1S/C19H23ClN4S/c1-14(2)15-5-7-16(8-6-15)22-19(25)24-12-10-23(11-13-24)18-17(20)4-3-9-21-18/h3-9,14H,10-13H2,1-2H3,(H,22,25). The van der Waals surface area contributed by atoms with E-state index in [-0.39, 0.29) is 0 Å². The molecule has 1 aliphatic rings. The number of hydrogen-bond donors (Lipinski definition) is 1. The highest BCUT2D eigenvalue weighted by molar-refractivity contribution is 7.80. The molecule has 1 saturated heterocycles. The summed E-state index contributed by atoms with van der Waals surface area (Å²) in [6.07, 6.45) is 1.78. The Hall–Kier alpha value is -1.85. The minimum absolute atomic E-state index is 0.535. The van der Waals surface area contributed by atoms with Crippen LogP contribution in [0, 0.1) is 0 Å². The van der Waals surface area contributed by atoms with Gasteiger partial charge in [0.25, 0.3) is 0 Å². The molecule has 0 atom stereocenters. The topological polar surface area (TPSA) is 31.4 Å². The first-order valence-corrected chi connectivity index (χ1v) is 9.34. The number of nitrogens with one attached hydrogen (secondary N) is 1. The van der Waals surface area contributed by atoms with Crippen molar-refractivity contribution in [3.05, 3.63) is 53.2 Å². The second kappa shape index (κ2) is 8.02. The number of halogens is 1. The molecule has 0 amide bonds. The normalized spacial score (nSPS) is 14.7. The van der Waals surface area contributed by atoms with Gasteiger partial charge in [0, 0.05) is 38.1 Å². The fourth-order valence-corrected chi connectivity index (χ4v) is 3.43. The van der Waals surface area contributed by atoms with Gasteiger partial charge in [-0.3, -0.25) is 0 Å². The predicted octanol–water partition coefficient (Wildman–Crippen LogP) is 4.38. The van der Waals surface area contributed by atoms with Crippen molar-refractivity contribution < 1.29 is 0 Å². The quantitative estimate of drug-likeness (QED) is 0.806. The van der Waals surface area contributed by atoms with Crippen molar-refractivity contribution in [3.8, 4) is 0 Å². The van der Waals surface area contributed by atoms with E-state index in [0.29, 0.717) is 10.9 Å². The number of thiocarbonyl (C=S) groups is 1. The molecule has 1 aliphatic heterocycles. The Labute approximate surface area is 159 Å². The molecule has 1 fully saturated rings. The van der Waals surface area contributed by atoms with E-state index in [0.717, 1.165) is 42.8 Å². The summed E-state index contributed by atoms with van der Waals surface area (Å²) in [5.41, 5.74) is 2.36. The molecular formula is C19H23ClN4S. The Kier molecular flexibility index (Phi) is 5.76. The molecule has 3 rings (SSSR count). The van der Waals surface area contributed by atoms with Crippen molar-refractivity contribution in [2.24, 2.45) is 0 Å². The van der Waals surface area contributed by atoms with Gasteiger partial charge in [-0.25, -0.2) is 4.98 Å². The first-order valence-electron chi connectivity index (χ1n) is 8.56. The summed E-state index contributed by atoms with van der Waals surface area (Å²) in [4.78, 5) is 8.79. The van der Waals surface area contributed by atoms with E-state index in [9.17, 15) is 0 Å². The van der Waals surface area contributed by atoms with Crippen LogP contribution in [0.1, 0.15) is 25.3 Å². The summed E-state index contributed by atoms with van der Waals surface area (Å²) in [5, 5.41) is 4.80. The highest BCUT2D eigenvalue weighted by Crippen LogP contribution is 2.23. The van der Waals surface area contributed by atoms with Crippen LogP contribution in [0.2, 0.25) is 5.02 Å². The van der Waals surface area contributed by atoms with E-state index < -0.39 is 0 Å². The molecule has 4 nitrogen and oxygen atoms in total. The molecule has 2 heterocycles. The number of benzene rings is 1. The number of hydrogen-bond acceptors (Lipinski definition) is 3. The number of piperazine rings is 1. The van der Waals surface area contributed by atoms with Gasteiger partial charge < -0.3 is 15.1 Å². The average molecular weight is 375 g/mol. The summed E-state index contributed by atoms with van der Waals surface area (Å²) < 4.78 is 0. The van der Waals surface area contributed by atoms with E-state index in [1.165, 1.54) is 5.56 Å². The molecule has 132 valence electrons. The first kappa shape index (κ1) is 18.0. The second-order valence-electron chi connectivity index (χ2n) is 6.49. The third-order valence-electron chi connectivity index (χ3n) is 4.43. The molecule has 25 heavy (non-hydrogen) atoms. The summed E-state index contributed by atoms with van der Waals surface area (Å²) in [6, 6.07) is 12.2. The van der Waals surface area contributed by atoms with Gasteiger partial charge >= 0.3 is 0 Å². The zero-order valence-electron chi connectivity index (χ0n) is 14.6. The SMILES string of the molecule is CC(C)c1ccc(NC(=S)N2CCN(c3ncccc3Cl)CC2)cc1. The Balaban J connectivity index is 1.55. The number of nitrogens with zero attached hydrogens (tertiary/aromatic N) is 3. The highest BCUT2D eigenvalue weighted by atomic mass is 35.5. The Morgan fingerprint density at radius 3 is 2.40 bits per heavy atom. The minimum Gasteiger partial charge on any atom is -0.352 e. The van der Waals surface area contributed by atoms with Crippen LogP contribution in [0.5, 0.6) is 0 Å². The van der Waals surface area contributed by atoms with E-state index >= 15 is 0 Å². The van der Waals surface area contributed by atoms with Gasteiger partial charge in [0.1, 0.15) is 5.82 Å². The summed E-state index contributed by atoms with van der Waals surface area (Å²) in [7, 11) is 0. The van der Waals surface area contributed by atoms with Crippen LogP contribution in [0.4, 0.5) is 11.5 Å². The molecule has 2 aromatic rings. The summed E-state index contributed by atoms with van der Waals surface area (Å²) in [6.45, 7) is 7.79. The van der Waals surface area contributed by atoms with Crippen LogP contribution in [-0.2, 0) is 0 Å². The van der Waals surface area contributed by atoms with Gasteiger partial charge in [0.05, 0.1) is 5.02 Å². The summed E-state index contributed by atoms with van der Waals surface area (Å²) in [5.74, 6) is 1.39. The van der Waals surface area contributed by atoms with Crippen LogP contribution < -0.4 is 10.2 Å². The van der Waals surface area contributed by atoms with Crippen LogP contribution in [-0.4, -0.2) is 41.2 Å². The largest absolute Gasteiger partial charge is 0.352 e. The third kappa shape index (κ3) is 4.41. The lowest BCUT2D eigenvalue weighted by Crippen LogP contribution is -2.50. The second-order valence-corrected chi connectivity index (χ2v) is 7.28. The van der Waals surface area contributed by atoms with Crippen LogP contribution in [0.15, 0.2) is 42.6 Å². The lowest BCUT2D eigenvalue weighted by Gasteiger charge is -2.37. The van der Waals surface area contributed by atoms with Crippen molar-refractivity contribution in [3.63, 3.8) is 0 Å². The van der Waals surface area contributed by atoms with Crippen LogP contribution >= 0.6 is 23.8 Å². The third-order valence-corrected chi connectivity index (χ3v) is 5.09. The molecule has 1 N–H and O–H groups in total. The highest BCUT2D eigenvalue weighted by Gasteiger charge is 2.21. The van der Waals surface area contributed by atoms with Crippen molar-refractivity contribution in [1.29, 1.82) is 0 Å². The number of rotatable bonds is 3. The number of pyridine rings is 1. The number of aromatic nitrogens is 1. The van der Waals surface area contributed by atoms with Crippen molar-refractivity contribution in [2.45, 2.75) is 19.8 Å². The molecule has 0 saturated carbocycles. The van der Waals surface area contributed by atoms with E-state index in [2.05, 4.69) is 58.2 Å².